The maximum absolute atomic E-state index is 6.11. The Balaban J connectivity index is 1.62. The van der Waals surface area contributed by atoms with Crippen LogP contribution in [0.15, 0.2) is 30.9 Å². The van der Waals surface area contributed by atoms with E-state index in [0.717, 1.165) is 54.0 Å². The Morgan fingerprint density at radius 2 is 2.04 bits per heavy atom. The number of aromatic amines is 1. The summed E-state index contributed by atoms with van der Waals surface area (Å²) in [6.45, 7) is 1.62. The van der Waals surface area contributed by atoms with Gasteiger partial charge in [-0.1, -0.05) is 11.6 Å². The van der Waals surface area contributed by atoms with Gasteiger partial charge in [0, 0.05) is 42.9 Å². The quantitative estimate of drug-likeness (QED) is 0.721. The van der Waals surface area contributed by atoms with Crippen molar-refractivity contribution in [3.05, 3.63) is 36.0 Å². The highest BCUT2D eigenvalue weighted by molar-refractivity contribution is 6.34. The first kappa shape index (κ1) is 14.4. The number of halogens is 1. The van der Waals surface area contributed by atoms with Crippen molar-refractivity contribution < 1.29 is 4.74 Å². The summed E-state index contributed by atoms with van der Waals surface area (Å²) in [6, 6.07) is 4.46. The first-order chi connectivity index (χ1) is 11.3. The van der Waals surface area contributed by atoms with Crippen LogP contribution >= 0.6 is 11.6 Å². The molecule has 0 amide bonds. The van der Waals surface area contributed by atoms with Crippen LogP contribution in [0.3, 0.4) is 0 Å². The van der Waals surface area contributed by atoms with Crippen molar-refractivity contribution in [3.8, 4) is 11.3 Å². The lowest BCUT2D eigenvalue weighted by Crippen LogP contribution is -2.27. The second-order valence-corrected chi connectivity index (χ2v) is 5.96. The lowest BCUT2D eigenvalue weighted by atomic mass is 10.1. The van der Waals surface area contributed by atoms with Gasteiger partial charge in [0.1, 0.15) is 17.1 Å². The molecule has 0 aliphatic carbocycles. The number of nitrogens with zero attached hydrogens (tertiary/aromatic N) is 3. The van der Waals surface area contributed by atoms with Gasteiger partial charge in [-0.3, -0.25) is 4.98 Å². The van der Waals surface area contributed by atoms with Gasteiger partial charge >= 0.3 is 0 Å². The number of fused-ring (bicyclic) bond motifs is 1. The molecule has 0 spiro atoms. The van der Waals surface area contributed by atoms with E-state index in [0.29, 0.717) is 11.2 Å². The summed E-state index contributed by atoms with van der Waals surface area (Å²) in [5.74, 6) is 0. The van der Waals surface area contributed by atoms with Gasteiger partial charge in [-0.05, 0) is 25.0 Å². The molecule has 1 saturated heterocycles. The van der Waals surface area contributed by atoms with Gasteiger partial charge in [0.15, 0.2) is 0 Å². The molecule has 1 aliphatic heterocycles. The molecular formula is C16H16ClN5O. The molecule has 0 unspecified atom stereocenters. The van der Waals surface area contributed by atoms with Crippen LogP contribution in [0.5, 0.6) is 0 Å². The molecule has 0 radical (unpaired) electrons. The summed E-state index contributed by atoms with van der Waals surface area (Å²) >= 11 is 6.11. The Bertz CT molecular complexity index is 828. The molecule has 1 aliphatic rings. The first-order valence-electron chi connectivity index (χ1n) is 7.58. The molecule has 0 atom stereocenters. The van der Waals surface area contributed by atoms with Crippen LogP contribution in [0.4, 0.5) is 5.69 Å². The largest absolute Gasteiger partial charge is 0.381 e. The lowest BCUT2D eigenvalue weighted by molar-refractivity contribution is 0.0904. The van der Waals surface area contributed by atoms with Crippen molar-refractivity contribution >= 4 is 28.3 Å². The van der Waals surface area contributed by atoms with E-state index in [-0.39, 0.29) is 0 Å². The van der Waals surface area contributed by atoms with Crippen molar-refractivity contribution in [1.82, 2.24) is 19.9 Å². The van der Waals surface area contributed by atoms with E-state index in [1.165, 1.54) is 6.33 Å². The standard InChI is InChI=1S/C16H16ClN5O/c17-15-13-6-14(22-16(13)20-9-19-15)10-5-12(8-18-7-10)21-11-1-3-23-4-2-11/h5-9,11,21H,1-4H2,(H,19,20,22). The van der Waals surface area contributed by atoms with Crippen LogP contribution in [0.1, 0.15) is 12.8 Å². The van der Waals surface area contributed by atoms with E-state index in [1.807, 2.05) is 18.5 Å². The minimum absolute atomic E-state index is 0.434. The summed E-state index contributed by atoms with van der Waals surface area (Å²) < 4.78 is 5.39. The maximum atomic E-state index is 6.11. The molecule has 0 saturated carbocycles. The third-order valence-corrected chi connectivity index (χ3v) is 4.32. The van der Waals surface area contributed by atoms with E-state index in [9.17, 15) is 0 Å². The van der Waals surface area contributed by atoms with Crippen LogP contribution in [-0.2, 0) is 4.74 Å². The van der Waals surface area contributed by atoms with E-state index in [4.69, 9.17) is 16.3 Å². The number of anilines is 1. The molecular weight excluding hydrogens is 314 g/mol. The molecule has 0 bridgehead atoms. The molecule has 23 heavy (non-hydrogen) atoms. The Kier molecular flexibility index (Phi) is 3.85. The topological polar surface area (TPSA) is 75.7 Å². The fourth-order valence-electron chi connectivity index (χ4n) is 2.81. The van der Waals surface area contributed by atoms with Gasteiger partial charge in [0.25, 0.3) is 0 Å². The highest BCUT2D eigenvalue weighted by Gasteiger charge is 2.14. The van der Waals surface area contributed by atoms with Crippen molar-refractivity contribution in [3.63, 3.8) is 0 Å². The number of H-pyrrole nitrogens is 1. The molecule has 4 heterocycles. The molecule has 3 aromatic heterocycles. The molecule has 118 valence electrons. The Morgan fingerprint density at radius 3 is 2.87 bits per heavy atom. The highest BCUT2D eigenvalue weighted by Crippen LogP contribution is 2.27. The fraction of sp³-hybridized carbons (Fsp3) is 0.312. The van der Waals surface area contributed by atoms with Gasteiger partial charge in [0.05, 0.1) is 11.1 Å². The Labute approximate surface area is 138 Å². The van der Waals surface area contributed by atoms with Crippen LogP contribution in [-0.4, -0.2) is 39.2 Å². The normalized spacial score (nSPS) is 15.9. The van der Waals surface area contributed by atoms with Crippen molar-refractivity contribution in [1.29, 1.82) is 0 Å². The van der Waals surface area contributed by atoms with Gasteiger partial charge in [-0.25, -0.2) is 9.97 Å². The SMILES string of the molecule is Clc1ncnc2[nH]c(-c3cncc(NC4CCOCC4)c3)cc12. The summed E-state index contributed by atoms with van der Waals surface area (Å²) in [6.07, 6.45) is 7.14. The smallest absolute Gasteiger partial charge is 0.142 e. The predicted octanol–water partition coefficient (Wildman–Crippen LogP) is 3.26. The number of hydrogen-bond donors (Lipinski definition) is 2. The molecule has 6 nitrogen and oxygen atoms in total. The molecule has 4 rings (SSSR count). The van der Waals surface area contributed by atoms with Crippen LogP contribution < -0.4 is 5.32 Å². The second-order valence-electron chi connectivity index (χ2n) is 5.60. The monoisotopic (exact) mass is 329 g/mol. The number of aromatic nitrogens is 4. The second kappa shape index (κ2) is 6.14. The van der Waals surface area contributed by atoms with Gasteiger partial charge in [0.2, 0.25) is 0 Å². The van der Waals surface area contributed by atoms with Crippen molar-refractivity contribution in [2.75, 3.05) is 18.5 Å². The minimum Gasteiger partial charge on any atom is -0.381 e. The molecule has 0 aromatic carbocycles. The summed E-state index contributed by atoms with van der Waals surface area (Å²) in [7, 11) is 0. The number of ether oxygens (including phenoxy) is 1. The summed E-state index contributed by atoms with van der Waals surface area (Å²) in [5, 5.41) is 4.78. The molecule has 3 aromatic rings. The van der Waals surface area contributed by atoms with Crippen molar-refractivity contribution in [2.45, 2.75) is 18.9 Å². The Hall–Kier alpha value is -2.18. The predicted molar refractivity (Wildman–Crippen MR) is 89.6 cm³/mol. The molecule has 7 heteroatoms. The zero-order valence-corrected chi connectivity index (χ0v) is 13.2. The fourth-order valence-corrected chi connectivity index (χ4v) is 3.00. The van der Waals surface area contributed by atoms with Gasteiger partial charge in [-0.2, -0.15) is 0 Å². The number of nitrogens with one attached hydrogen (secondary N) is 2. The van der Waals surface area contributed by atoms with Gasteiger partial charge in [-0.15, -0.1) is 0 Å². The Morgan fingerprint density at radius 1 is 1.17 bits per heavy atom. The van der Waals surface area contributed by atoms with Crippen LogP contribution in [0.2, 0.25) is 5.15 Å². The summed E-state index contributed by atoms with van der Waals surface area (Å²) in [4.78, 5) is 15.8. The average molecular weight is 330 g/mol. The van der Waals surface area contributed by atoms with E-state index in [1.54, 1.807) is 0 Å². The number of hydrogen-bond acceptors (Lipinski definition) is 5. The highest BCUT2D eigenvalue weighted by atomic mass is 35.5. The van der Waals surface area contributed by atoms with E-state index >= 15 is 0 Å². The first-order valence-corrected chi connectivity index (χ1v) is 7.96. The molecule has 1 fully saturated rings. The molecule has 2 N–H and O–H groups in total. The third kappa shape index (κ3) is 3.00. The van der Waals surface area contributed by atoms with E-state index in [2.05, 4.69) is 31.3 Å². The number of pyridine rings is 1. The van der Waals surface area contributed by atoms with Crippen LogP contribution in [0.25, 0.3) is 22.3 Å². The zero-order chi connectivity index (χ0) is 15.6. The lowest BCUT2D eigenvalue weighted by Gasteiger charge is -2.24. The van der Waals surface area contributed by atoms with E-state index < -0.39 is 0 Å². The minimum atomic E-state index is 0.434. The average Bonchev–Trinajstić information content (AvgIpc) is 3.02. The zero-order valence-electron chi connectivity index (χ0n) is 12.4. The van der Waals surface area contributed by atoms with Gasteiger partial charge < -0.3 is 15.0 Å². The number of rotatable bonds is 3. The van der Waals surface area contributed by atoms with Crippen molar-refractivity contribution in [2.24, 2.45) is 0 Å². The maximum Gasteiger partial charge on any atom is 0.142 e. The van der Waals surface area contributed by atoms with Crippen LogP contribution in [0, 0.1) is 0 Å². The third-order valence-electron chi connectivity index (χ3n) is 4.02. The summed E-state index contributed by atoms with van der Waals surface area (Å²) in [5.41, 5.74) is 3.63.